The molecule has 0 aromatic heterocycles. The summed E-state index contributed by atoms with van der Waals surface area (Å²) in [6.45, 7) is 3.88. The van der Waals surface area contributed by atoms with Crippen molar-refractivity contribution in [2.75, 3.05) is 19.6 Å². The number of rotatable bonds is 2. The molecule has 6 rings (SSSR count). The molecule has 116 valence electrons. The van der Waals surface area contributed by atoms with Crippen LogP contribution in [0.15, 0.2) is 0 Å². The van der Waals surface area contributed by atoms with Crippen molar-refractivity contribution < 1.29 is 0 Å². The van der Waals surface area contributed by atoms with Gasteiger partial charge in [-0.1, -0.05) is 0 Å². The van der Waals surface area contributed by atoms with Crippen LogP contribution in [0.3, 0.4) is 0 Å². The van der Waals surface area contributed by atoms with E-state index in [1.807, 2.05) is 0 Å². The Bertz CT molecular complexity index is 459. The lowest BCUT2D eigenvalue weighted by atomic mass is 9.80. The zero-order valence-corrected chi connectivity index (χ0v) is 13.0. The van der Waals surface area contributed by atoms with Crippen LogP contribution in [0, 0.1) is 35.0 Å². The van der Waals surface area contributed by atoms with E-state index in [0.717, 1.165) is 53.1 Å². The van der Waals surface area contributed by atoms with Crippen LogP contribution in [0.5, 0.6) is 0 Å². The predicted octanol–water partition coefficient (Wildman–Crippen LogP) is 1.35. The maximum atomic E-state index is 4.01. The Balaban J connectivity index is 1.15. The summed E-state index contributed by atoms with van der Waals surface area (Å²) in [5.74, 6) is 5.10. The third-order valence-electron chi connectivity index (χ3n) is 8.11. The number of fused-ring (bicyclic) bond motifs is 2. The van der Waals surface area contributed by atoms with E-state index in [2.05, 4.69) is 16.0 Å². The molecule has 0 radical (unpaired) electrons. The van der Waals surface area contributed by atoms with Crippen molar-refractivity contribution >= 4 is 0 Å². The van der Waals surface area contributed by atoms with Crippen LogP contribution < -0.4 is 16.0 Å². The van der Waals surface area contributed by atoms with Gasteiger partial charge in [-0.05, 0) is 86.6 Å². The first kappa shape index (κ1) is 12.3. The molecule has 3 aliphatic heterocycles. The topological polar surface area (TPSA) is 36.1 Å². The van der Waals surface area contributed by atoms with Gasteiger partial charge in [0.2, 0.25) is 0 Å². The van der Waals surface area contributed by atoms with E-state index < -0.39 is 0 Å². The molecule has 3 saturated carbocycles. The third-order valence-corrected chi connectivity index (χ3v) is 8.11. The van der Waals surface area contributed by atoms with Crippen molar-refractivity contribution in [1.29, 1.82) is 0 Å². The maximum absolute atomic E-state index is 4.01. The Labute approximate surface area is 128 Å². The average Bonchev–Trinajstić information content (AvgIpc) is 3.40. The molecule has 3 heterocycles. The van der Waals surface area contributed by atoms with Gasteiger partial charge in [0.05, 0.1) is 0 Å². The SMILES string of the molecule is C1CC2(CC2)CC(C2NCC(C3NCC4CC43)C3CC32)N1. The van der Waals surface area contributed by atoms with E-state index in [0.29, 0.717) is 0 Å². The molecule has 1 spiro atoms. The van der Waals surface area contributed by atoms with Crippen LogP contribution in [-0.4, -0.2) is 37.8 Å². The summed E-state index contributed by atoms with van der Waals surface area (Å²) in [4.78, 5) is 0. The van der Waals surface area contributed by atoms with Crippen LogP contribution in [0.1, 0.15) is 38.5 Å². The van der Waals surface area contributed by atoms with Gasteiger partial charge in [0.1, 0.15) is 0 Å². The highest BCUT2D eigenvalue weighted by molar-refractivity contribution is 5.15. The fourth-order valence-corrected chi connectivity index (χ4v) is 6.45. The van der Waals surface area contributed by atoms with Gasteiger partial charge in [-0.25, -0.2) is 0 Å². The fraction of sp³-hybridized carbons (Fsp3) is 1.00. The summed E-state index contributed by atoms with van der Waals surface area (Å²) in [6.07, 6.45) is 8.99. The number of nitrogens with one attached hydrogen (secondary N) is 3. The number of piperidine rings is 3. The molecule has 8 unspecified atom stereocenters. The third kappa shape index (κ3) is 1.83. The molecule has 3 saturated heterocycles. The van der Waals surface area contributed by atoms with Crippen molar-refractivity contribution in [3.05, 3.63) is 0 Å². The van der Waals surface area contributed by atoms with Crippen LogP contribution in [0.4, 0.5) is 0 Å². The lowest BCUT2D eigenvalue weighted by Crippen LogP contribution is -2.58. The first-order valence-corrected chi connectivity index (χ1v) is 9.53. The van der Waals surface area contributed by atoms with Gasteiger partial charge in [-0.15, -0.1) is 0 Å². The normalized spacial score (nSPS) is 59.4. The molecule has 3 N–H and O–H groups in total. The van der Waals surface area contributed by atoms with Crippen molar-refractivity contribution in [1.82, 2.24) is 16.0 Å². The highest BCUT2D eigenvalue weighted by Gasteiger charge is 2.60. The van der Waals surface area contributed by atoms with E-state index in [1.165, 1.54) is 58.2 Å². The van der Waals surface area contributed by atoms with Gasteiger partial charge in [-0.3, -0.25) is 0 Å². The van der Waals surface area contributed by atoms with Crippen LogP contribution in [-0.2, 0) is 0 Å². The molecule has 0 aromatic rings. The zero-order chi connectivity index (χ0) is 13.6. The standard InChI is InChI=1S/C18H29N3/c1-2-18(1)3-4-19-15(7-18)17-13-6-12(13)14(9-21-17)16-11-5-10(11)8-20-16/h10-17,19-21H,1-9H2. The van der Waals surface area contributed by atoms with Gasteiger partial charge < -0.3 is 16.0 Å². The van der Waals surface area contributed by atoms with Crippen molar-refractivity contribution in [3.63, 3.8) is 0 Å². The van der Waals surface area contributed by atoms with Crippen LogP contribution >= 0.6 is 0 Å². The van der Waals surface area contributed by atoms with E-state index >= 15 is 0 Å². The van der Waals surface area contributed by atoms with Crippen LogP contribution in [0.25, 0.3) is 0 Å². The van der Waals surface area contributed by atoms with E-state index in [9.17, 15) is 0 Å². The van der Waals surface area contributed by atoms with Crippen molar-refractivity contribution in [3.8, 4) is 0 Å². The lowest BCUT2D eigenvalue weighted by molar-refractivity contribution is 0.168. The molecule has 6 aliphatic rings. The number of hydrogen-bond acceptors (Lipinski definition) is 3. The first-order chi connectivity index (χ1) is 10.3. The monoisotopic (exact) mass is 287 g/mol. The van der Waals surface area contributed by atoms with E-state index in [1.54, 1.807) is 0 Å². The second-order valence-electron chi connectivity index (χ2n) is 9.27. The van der Waals surface area contributed by atoms with Gasteiger partial charge >= 0.3 is 0 Å². The molecule has 3 nitrogen and oxygen atoms in total. The van der Waals surface area contributed by atoms with Crippen molar-refractivity contribution in [2.45, 2.75) is 56.7 Å². The molecule has 21 heavy (non-hydrogen) atoms. The summed E-state index contributed by atoms with van der Waals surface area (Å²) in [5, 5.41) is 11.7. The van der Waals surface area contributed by atoms with E-state index in [-0.39, 0.29) is 0 Å². The minimum absolute atomic E-state index is 0.780. The summed E-state index contributed by atoms with van der Waals surface area (Å²) in [5.41, 5.74) is 0.785. The molecule has 8 atom stereocenters. The van der Waals surface area contributed by atoms with E-state index in [4.69, 9.17) is 0 Å². The van der Waals surface area contributed by atoms with Crippen LogP contribution in [0.2, 0.25) is 0 Å². The zero-order valence-electron chi connectivity index (χ0n) is 13.0. The molecule has 0 aromatic carbocycles. The van der Waals surface area contributed by atoms with Gasteiger partial charge in [0, 0.05) is 24.7 Å². The predicted molar refractivity (Wildman–Crippen MR) is 83.0 cm³/mol. The minimum atomic E-state index is 0.780. The number of hydrogen-bond donors (Lipinski definition) is 3. The Morgan fingerprint density at radius 3 is 2.38 bits per heavy atom. The molecule has 0 amide bonds. The minimum Gasteiger partial charge on any atom is -0.313 e. The summed E-state index contributed by atoms with van der Waals surface area (Å²) in [6, 6.07) is 2.44. The summed E-state index contributed by atoms with van der Waals surface area (Å²) >= 11 is 0. The largest absolute Gasteiger partial charge is 0.313 e. The Morgan fingerprint density at radius 1 is 0.714 bits per heavy atom. The summed E-state index contributed by atoms with van der Waals surface area (Å²) in [7, 11) is 0. The maximum Gasteiger partial charge on any atom is 0.0252 e. The fourth-order valence-electron chi connectivity index (χ4n) is 6.45. The lowest BCUT2D eigenvalue weighted by Gasteiger charge is -2.41. The second kappa shape index (κ2) is 4.04. The quantitative estimate of drug-likeness (QED) is 0.717. The molecule has 0 bridgehead atoms. The smallest absolute Gasteiger partial charge is 0.0252 e. The second-order valence-corrected chi connectivity index (χ2v) is 9.27. The molecule has 3 heteroatoms. The summed E-state index contributed by atoms with van der Waals surface area (Å²) < 4.78 is 0. The highest BCUT2D eigenvalue weighted by Crippen LogP contribution is 2.59. The average molecular weight is 287 g/mol. The highest BCUT2D eigenvalue weighted by atomic mass is 15.1. The molecule has 3 aliphatic carbocycles. The first-order valence-electron chi connectivity index (χ1n) is 9.53. The van der Waals surface area contributed by atoms with Gasteiger partial charge in [-0.2, -0.15) is 0 Å². The molecular formula is C18H29N3. The van der Waals surface area contributed by atoms with Crippen molar-refractivity contribution in [2.24, 2.45) is 35.0 Å². The van der Waals surface area contributed by atoms with Gasteiger partial charge in [0.25, 0.3) is 0 Å². The Morgan fingerprint density at radius 2 is 1.62 bits per heavy atom. The van der Waals surface area contributed by atoms with Gasteiger partial charge in [0.15, 0.2) is 0 Å². The Kier molecular flexibility index (Phi) is 2.37. The molecule has 6 fully saturated rings. The Hall–Kier alpha value is -0.120. The molecular weight excluding hydrogens is 258 g/mol.